The van der Waals surface area contributed by atoms with Gasteiger partial charge in [0.15, 0.2) is 5.72 Å². The second-order valence-corrected chi connectivity index (χ2v) is 3.60. The molecular weight excluding hydrogens is 176 g/mol. The smallest absolute Gasteiger partial charge is 0.215 e. The number of carbonyl (C=O) groups is 1. The van der Waals surface area contributed by atoms with Crippen molar-refractivity contribution in [3.05, 3.63) is 23.4 Å². The molecule has 0 amide bonds. The summed E-state index contributed by atoms with van der Waals surface area (Å²) in [5.41, 5.74) is 4.86. The van der Waals surface area contributed by atoms with Gasteiger partial charge in [-0.25, -0.2) is 0 Å². The molecule has 0 aromatic heterocycles. The monoisotopic (exact) mass is 184 g/mol. The van der Waals surface area contributed by atoms with Gasteiger partial charge in [0.2, 0.25) is 5.78 Å². The Balaban J connectivity index is 2.46. The molecule has 12 heavy (non-hydrogen) atoms. The van der Waals surface area contributed by atoms with Crippen molar-refractivity contribution >= 4 is 17.7 Å². The number of Topliss-reactive ketones (excluding diaryl/α,β-unsaturated/α-hetero) is 1. The van der Waals surface area contributed by atoms with E-state index < -0.39 is 11.5 Å². The van der Waals surface area contributed by atoms with Crippen LogP contribution in [0, 0.1) is 0 Å². The Morgan fingerprint density at radius 2 is 2.50 bits per heavy atom. The third-order valence-electron chi connectivity index (χ3n) is 1.86. The lowest BCUT2D eigenvalue weighted by atomic mass is 10.1. The fourth-order valence-electron chi connectivity index (χ4n) is 1.27. The number of rotatable bonds is 0. The molecule has 0 radical (unpaired) electrons. The highest BCUT2D eigenvalue weighted by molar-refractivity contribution is 7.97. The zero-order valence-corrected chi connectivity index (χ0v) is 7.02. The van der Waals surface area contributed by atoms with E-state index in [1.54, 1.807) is 6.20 Å². The van der Waals surface area contributed by atoms with Crippen LogP contribution in [0.2, 0.25) is 0 Å². The summed E-state index contributed by atoms with van der Waals surface area (Å²) in [7, 11) is 0. The van der Waals surface area contributed by atoms with E-state index in [0.29, 0.717) is 11.3 Å². The van der Waals surface area contributed by atoms with E-state index in [1.165, 1.54) is 18.0 Å². The van der Waals surface area contributed by atoms with E-state index in [2.05, 4.69) is 4.72 Å². The van der Waals surface area contributed by atoms with Gasteiger partial charge in [0.1, 0.15) is 0 Å². The molecule has 1 aliphatic carbocycles. The summed E-state index contributed by atoms with van der Waals surface area (Å²) in [4.78, 5) is 11.3. The van der Waals surface area contributed by atoms with Gasteiger partial charge in [-0.05, 0) is 23.6 Å². The Bertz CT molecular complexity index is 307. The van der Waals surface area contributed by atoms with Gasteiger partial charge in [0, 0.05) is 17.5 Å². The lowest BCUT2D eigenvalue weighted by Crippen LogP contribution is -2.43. The number of nitrogens with one attached hydrogen (secondary N) is 1. The summed E-state index contributed by atoms with van der Waals surface area (Å²) in [5.74, 6) is 0.238. The maximum atomic E-state index is 11.3. The van der Waals surface area contributed by atoms with E-state index in [0.717, 1.165) is 5.57 Å². The topological polar surface area (TPSA) is 75.3 Å². The molecule has 2 aliphatic rings. The first kappa shape index (κ1) is 7.85. The molecule has 5 heteroatoms. The van der Waals surface area contributed by atoms with Crippen molar-refractivity contribution in [3.8, 4) is 0 Å². The lowest BCUT2D eigenvalue weighted by molar-refractivity contribution is -0.127. The van der Waals surface area contributed by atoms with Crippen LogP contribution in [-0.2, 0) is 4.79 Å². The lowest BCUT2D eigenvalue weighted by Gasteiger charge is -2.12. The minimum atomic E-state index is -1.78. The summed E-state index contributed by atoms with van der Waals surface area (Å²) < 4.78 is 2.85. The second-order valence-electron chi connectivity index (χ2n) is 2.79. The summed E-state index contributed by atoms with van der Waals surface area (Å²) in [6.45, 7) is 0. The average molecular weight is 184 g/mol. The van der Waals surface area contributed by atoms with Crippen molar-refractivity contribution in [2.75, 3.05) is 5.75 Å². The van der Waals surface area contributed by atoms with E-state index in [-0.39, 0.29) is 0 Å². The molecule has 0 unspecified atom stereocenters. The molecule has 4 nitrogen and oxygen atoms in total. The number of carbonyl (C=O) groups excluding carboxylic acids is 1. The second kappa shape index (κ2) is 2.35. The zero-order chi connectivity index (χ0) is 8.77. The van der Waals surface area contributed by atoms with E-state index in [1.807, 2.05) is 0 Å². The van der Waals surface area contributed by atoms with Crippen molar-refractivity contribution in [2.45, 2.75) is 5.72 Å². The van der Waals surface area contributed by atoms with E-state index in [9.17, 15) is 9.90 Å². The number of nitrogens with two attached hydrogens (primary N) is 1. The Labute approximate surface area is 73.6 Å². The van der Waals surface area contributed by atoms with Crippen LogP contribution in [0.4, 0.5) is 0 Å². The first-order valence-corrected chi connectivity index (χ1v) is 4.45. The van der Waals surface area contributed by atoms with Crippen molar-refractivity contribution < 1.29 is 9.90 Å². The molecule has 1 atom stereocenters. The zero-order valence-electron chi connectivity index (χ0n) is 6.20. The Morgan fingerprint density at radius 1 is 1.75 bits per heavy atom. The van der Waals surface area contributed by atoms with Gasteiger partial charge in [-0.3, -0.25) is 10.5 Å². The SMILES string of the molecule is N[C@]1(O)C=C2CSNC=C2C1=O. The predicted molar refractivity (Wildman–Crippen MR) is 45.9 cm³/mol. The third kappa shape index (κ3) is 0.979. The highest BCUT2D eigenvalue weighted by Gasteiger charge is 2.40. The summed E-state index contributed by atoms with van der Waals surface area (Å²) >= 11 is 1.46. The summed E-state index contributed by atoms with van der Waals surface area (Å²) in [5, 5.41) is 9.37. The number of hydrogen-bond acceptors (Lipinski definition) is 5. The fraction of sp³-hybridized carbons (Fsp3) is 0.286. The van der Waals surface area contributed by atoms with Crippen LogP contribution in [0.1, 0.15) is 0 Å². The van der Waals surface area contributed by atoms with Crippen molar-refractivity contribution in [3.63, 3.8) is 0 Å². The molecule has 1 heterocycles. The van der Waals surface area contributed by atoms with Crippen LogP contribution in [-0.4, -0.2) is 22.4 Å². The van der Waals surface area contributed by atoms with Crippen LogP contribution in [0.3, 0.4) is 0 Å². The Kier molecular flexibility index (Phi) is 1.54. The average Bonchev–Trinajstić information content (AvgIpc) is 2.24. The number of ketones is 1. The van der Waals surface area contributed by atoms with E-state index in [4.69, 9.17) is 5.73 Å². The van der Waals surface area contributed by atoms with Crippen molar-refractivity contribution in [1.82, 2.24) is 4.72 Å². The van der Waals surface area contributed by atoms with Crippen LogP contribution in [0.15, 0.2) is 23.4 Å². The van der Waals surface area contributed by atoms with Crippen LogP contribution in [0.5, 0.6) is 0 Å². The highest BCUT2D eigenvalue weighted by Crippen LogP contribution is 2.30. The van der Waals surface area contributed by atoms with Gasteiger partial charge in [-0.2, -0.15) is 0 Å². The molecule has 0 saturated heterocycles. The van der Waals surface area contributed by atoms with Crippen molar-refractivity contribution in [1.29, 1.82) is 0 Å². The Hall–Kier alpha value is -0.780. The van der Waals surface area contributed by atoms with Gasteiger partial charge in [0.05, 0.1) is 0 Å². The van der Waals surface area contributed by atoms with Crippen LogP contribution < -0.4 is 10.5 Å². The van der Waals surface area contributed by atoms with E-state index >= 15 is 0 Å². The largest absolute Gasteiger partial charge is 0.366 e. The van der Waals surface area contributed by atoms with Gasteiger partial charge in [-0.15, -0.1) is 0 Å². The molecule has 1 aliphatic heterocycles. The molecule has 0 fully saturated rings. The molecule has 0 bridgehead atoms. The predicted octanol–water partition coefficient (Wildman–Crippen LogP) is -0.722. The van der Waals surface area contributed by atoms with Gasteiger partial charge < -0.3 is 9.83 Å². The summed E-state index contributed by atoms with van der Waals surface area (Å²) in [6, 6.07) is 0. The standard InChI is InChI=1S/C7H8N2O2S/c8-7(11)1-4-3-12-9-2-5(4)6(7)10/h1-2,9,11H,3,8H2/t7-/m0/s1. The molecule has 0 aromatic rings. The Morgan fingerprint density at radius 3 is 3.17 bits per heavy atom. The first-order valence-electron chi connectivity index (χ1n) is 3.47. The molecule has 0 spiro atoms. The molecular formula is C7H8N2O2S. The maximum Gasteiger partial charge on any atom is 0.215 e. The maximum absolute atomic E-state index is 11.3. The minimum Gasteiger partial charge on any atom is -0.366 e. The van der Waals surface area contributed by atoms with Crippen LogP contribution in [0.25, 0.3) is 0 Å². The highest BCUT2D eigenvalue weighted by atomic mass is 32.2. The molecule has 0 aromatic carbocycles. The minimum absolute atomic E-state index is 0.426. The van der Waals surface area contributed by atoms with Gasteiger partial charge in [-0.1, -0.05) is 0 Å². The van der Waals surface area contributed by atoms with Crippen LogP contribution >= 0.6 is 11.9 Å². The number of aliphatic hydroxyl groups is 1. The first-order chi connectivity index (χ1) is 5.61. The van der Waals surface area contributed by atoms with Gasteiger partial charge in [0.25, 0.3) is 0 Å². The molecule has 64 valence electrons. The third-order valence-corrected chi connectivity index (χ3v) is 2.60. The summed E-state index contributed by atoms with van der Waals surface area (Å²) in [6.07, 6.45) is 2.99. The molecule has 4 N–H and O–H groups in total. The van der Waals surface area contributed by atoms with Crippen molar-refractivity contribution in [2.24, 2.45) is 5.73 Å². The quantitative estimate of drug-likeness (QED) is 0.342. The molecule has 0 saturated carbocycles. The fourth-order valence-corrected chi connectivity index (χ4v) is 1.95. The number of hydrogen-bond donors (Lipinski definition) is 3. The van der Waals surface area contributed by atoms with Gasteiger partial charge >= 0.3 is 0 Å². The normalized spacial score (nSPS) is 33.7. The number of fused-ring (bicyclic) bond motifs is 1. The molecule has 2 rings (SSSR count).